The number of hydrogen-bond donors (Lipinski definition) is 2. The molecule has 2 N–H and O–H groups in total. The predicted octanol–water partition coefficient (Wildman–Crippen LogP) is 5.49. The van der Waals surface area contributed by atoms with Crippen LogP contribution >= 0.6 is 28.1 Å². The molecule has 1 aliphatic heterocycles. The molecule has 3 nitrogen and oxygen atoms in total. The van der Waals surface area contributed by atoms with Crippen LogP contribution in [-0.2, 0) is 0 Å². The van der Waals surface area contributed by atoms with Crippen molar-refractivity contribution < 1.29 is 0 Å². The van der Waals surface area contributed by atoms with Crippen molar-refractivity contribution in [3.8, 4) is 0 Å². The largest absolute Gasteiger partial charge is 0.372 e. The van der Waals surface area contributed by atoms with Gasteiger partial charge in [-0.1, -0.05) is 28.1 Å². The molecule has 1 fully saturated rings. The Bertz CT molecular complexity index is 694. The Morgan fingerprint density at radius 2 is 1.64 bits per heavy atom. The molecule has 0 spiro atoms. The lowest BCUT2D eigenvalue weighted by Crippen LogP contribution is -2.31. The second-order valence-corrected chi connectivity index (χ2v) is 7.79. The highest BCUT2D eigenvalue weighted by atomic mass is 79.9. The van der Waals surface area contributed by atoms with Gasteiger partial charge in [-0.15, -0.1) is 0 Å². The van der Waals surface area contributed by atoms with Gasteiger partial charge in [0, 0.05) is 28.9 Å². The Hall–Kier alpha value is -1.59. The third kappa shape index (κ3) is 5.19. The van der Waals surface area contributed by atoms with Crippen LogP contribution in [0, 0.1) is 0 Å². The highest BCUT2D eigenvalue weighted by molar-refractivity contribution is 9.10. The van der Waals surface area contributed by atoms with E-state index in [9.17, 15) is 0 Å². The minimum absolute atomic E-state index is 0.158. The molecule has 0 aromatic heterocycles. The van der Waals surface area contributed by atoms with E-state index in [4.69, 9.17) is 12.2 Å². The molecule has 0 radical (unpaired) electrons. The summed E-state index contributed by atoms with van der Waals surface area (Å²) in [5, 5.41) is 7.21. The molecular formula is C20H24BrN3S. The highest BCUT2D eigenvalue weighted by Gasteiger charge is 2.12. The lowest BCUT2D eigenvalue weighted by atomic mass is 10.1. The van der Waals surface area contributed by atoms with Crippen LogP contribution in [0.25, 0.3) is 0 Å². The number of rotatable bonds is 4. The van der Waals surface area contributed by atoms with E-state index in [0.29, 0.717) is 5.11 Å². The Balaban J connectivity index is 1.55. The molecule has 2 aromatic carbocycles. The van der Waals surface area contributed by atoms with Crippen molar-refractivity contribution in [2.24, 2.45) is 0 Å². The summed E-state index contributed by atoms with van der Waals surface area (Å²) in [7, 11) is 0. The molecular weight excluding hydrogens is 394 g/mol. The zero-order chi connectivity index (χ0) is 17.6. The van der Waals surface area contributed by atoms with E-state index < -0.39 is 0 Å². The minimum atomic E-state index is 0.158. The summed E-state index contributed by atoms with van der Waals surface area (Å²) >= 11 is 8.87. The second kappa shape index (κ2) is 8.68. The van der Waals surface area contributed by atoms with Crippen LogP contribution in [0.5, 0.6) is 0 Å². The zero-order valence-electron chi connectivity index (χ0n) is 14.5. The van der Waals surface area contributed by atoms with Crippen molar-refractivity contribution >= 4 is 44.6 Å². The normalized spacial score (nSPS) is 15.5. The maximum absolute atomic E-state index is 5.43. The van der Waals surface area contributed by atoms with Gasteiger partial charge in [0.15, 0.2) is 5.11 Å². The Kier molecular flexibility index (Phi) is 6.32. The van der Waals surface area contributed by atoms with Crippen LogP contribution in [0.15, 0.2) is 53.0 Å². The first-order valence-electron chi connectivity index (χ1n) is 8.80. The summed E-state index contributed by atoms with van der Waals surface area (Å²) < 4.78 is 1.05. The average molecular weight is 418 g/mol. The fraction of sp³-hybridized carbons (Fsp3) is 0.350. The molecule has 1 aliphatic rings. The Morgan fingerprint density at radius 1 is 1.00 bits per heavy atom. The number of piperidine rings is 1. The number of benzene rings is 2. The van der Waals surface area contributed by atoms with Gasteiger partial charge in [-0.2, -0.15) is 0 Å². The van der Waals surface area contributed by atoms with Gasteiger partial charge in [0.1, 0.15) is 0 Å². The minimum Gasteiger partial charge on any atom is -0.372 e. The molecule has 0 bridgehead atoms. The van der Waals surface area contributed by atoms with Gasteiger partial charge in [-0.3, -0.25) is 0 Å². The molecule has 2 aromatic rings. The fourth-order valence-corrected chi connectivity index (χ4v) is 3.67. The standard InChI is InChI=1S/C20H24BrN3S/c1-15(22-20(25)23-18-9-7-17(21)8-10-18)16-5-11-19(12-6-16)24-13-3-2-4-14-24/h5-12,15H,2-4,13-14H2,1H3,(H2,22,23,25)/t15-/m0/s1. The van der Waals surface area contributed by atoms with Crippen LogP contribution in [0.1, 0.15) is 37.8 Å². The van der Waals surface area contributed by atoms with Crippen LogP contribution in [0.2, 0.25) is 0 Å². The molecule has 3 rings (SSSR count). The van der Waals surface area contributed by atoms with Gasteiger partial charge >= 0.3 is 0 Å². The van der Waals surface area contributed by atoms with Gasteiger partial charge in [0.2, 0.25) is 0 Å². The van der Waals surface area contributed by atoms with Crippen molar-refractivity contribution in [2.45, 2.75) is 32.2 Å². The summed E-state index contributed by atoms with van der Waals surface area (Å²) in [5.41, 5.74) is 3.54. The second-order valence-electron chi connectivity index (χ2n) is 6.47. The van der Waals surface area contributed by atoms with Crippen molar-refractivity contribution in [1.29, 1.82) is 0 Å². The molecule has 1 atom stereocenters. The van der Waals surface area contributed by atoms with E-state index in [-0.39, 0.29) is 6.04 Å². The number of nitrogens with one attached hydrogen (secondary N) is 2. The number of hydrogen-bond acceptors (Lipinski definition) is 2. The Morgan fingerprint density at radius 3 is 2.28 bits per heavy atom. The van der Waals surface area contributed by atoms with E-state index in [0.717, 1.165) is 10.2 Å². The van der Waals surface area contributed by atoms with Crippen molar-refractivity contribution in [3.05, 3.63) is 58.6 Å². The lowest BCUT2D eigenvalue weighted by molar-refractivity contribution is 0.577. The van der Waals surface area contributed by atoms with Crippen molar-refractivity contribution in [2.75, 3.05) is 23.3 Å². The van der Waals surface area contributed by atoms with E-state index in [1.807, 2.05) is 24.3 Å². The van der Waals surface area contributed by atoms with Crippen LogP contribution in [0.4, 0.5) is 11.4 Å². The summed E-state index contributed by atoms with van der Waals surface area (Å²) in [6, 6.07) is 17.0. The SMILES string of the molecule is C[C@H](NC(=S)Nc1ccc(Br)cc1)c1ccc(N2CCCCC2)cc1. The molecule has 132 valence electrons. The molecule has 25 heavy (non-hydrogen) atoms. The van der Waals surface area contributed by atoms with Crippen molar-refractivity contribution in [3.63, 3.8) is 0 Å². The van der Waals surface area contributed by atoms with Gasteiger partial charge in [-0.05, 0) is 80.4 Å². The number of anilines is 2. The zero-order valence-corrected chi connectivity index (χ0v) is 16.9. The third-order valence-electron chi connectivity index (χ3n) is 4.56. The number of thiocarbonyl (C=S) groups is 1. The number of halogens is 1. The molecule has 0 amide bonds. The quantitative estimate of drug-likeness (QED) is 0.643. The first kappa shape index (κ1) is 18.2. The summed E-state index contributed by atoms with van der Waals surface area (Å²) in [4.78, 5) is 2.48. The van der Waals surface area contributed by atoms with Crippen molar-refractivity contribution in [1.82, 2.24) is 5.32 Å². The van der Waals surface area contributed by atoms with E-state index in [1.54, 1.807) is 0 Å². The first-order valence-corrected chi connectivity index (χ1v) is 10.00. The van der Waals surface area contributed by atoms with E-state index >= 15 is 0 Å². The topological polar surface area (TPSA) is 27.3 Å². The maximum atomic E-state index is 5.43. The molecule has 0 unspecified atom stereocenters. The molecule has 0 saturated carbocycles. The van der Waals surface area contributed by atoms with Gasteiger partial charge in [0.25, 0.3) is 0 Å². The van der Waals surface area contributed by atoms with Gasteiger partial charge in [0.05, 0.1) is 6.04 Å². The van der Waals surface area contributed by atoms with Gasteiger partial charge < -0.3 is 15.5 Å². The number of nitrogens with zero attached hydrogens (tertiary/aromatic N) is 1. The molecule has 1 heterocycles. The van der Waals surface area contributed by atoms with Crippen LogP contribution in [-0.4, -0.2) is 18.2 Å². The van der Waals surface area contributed by atoms with Gasteiger partial charge in [-0.25, -0.2) is 0 Å². The predicted molar refractivity (Wildman–Crippen MR) is 114 cm³/mol. The summed E-state index contributed by atoms with van der Waals surface area (Å²) in [6.45, 7) is 4.48. The first-order chi connectivity index (χ1) is 12.1. The van der Waals surface area contributed by atoms with E-state index in [2.05, 4.69) is 62.7 Å². The molecule has 0 aliphatic carbocycles. The monoisotopic (exact) mass is 417 g/mol. The Labute approximate surface area is 163 Å². The summed E-state index contributed by atoms with van der Waals surface area (Å²) in [5.74, 6) is 0. The average Bonchev–Trinajstić information content (AvgIpc) is 2.64. The fourth-order valence-electron chi connectivity index (χ4n) is 3.11. The molecule has 1 saturated heterocycles. The van der Waals surface area contributed by atoms with Crippen LogP contribution < -0.4 is 15.5 Å². The van der Waals surface area contributed by atoms with E-state index in [1.165, 1.54) is 43.6 Å². The third-order valence-corrected chi connectivity index (χ3v) is 5.31. The maximum Gasteiger partial charge on any atom is 0.171 e. The highest BCUT2D eigenvalue weighted by Crippen LogP contribution is 2.22. The smallest absolute Gasteiger partial charge is 0.171 e. The lowest BCUT2D eigenvalue weighted by Gasteiger charge is -2.29. The van der Waals surface area contributed by atoms with Crippen LogP contribution in [0.3, 0.4) is 0 Å². The summed E-state index contributed by atoms with van der Waals surface area (Å²) in [6.07, 6.45) is 3.96. The molecule has 5 heteroatoms.